The lowest BCUT2D eigenvalue weighted by Gasteiger charge is -2.03. The summed E-state index contributed by atoms with van der Waals surface area (Å²) in [5.41, 5.74) is 1.21. The number of rotatable bonds is 1. The van der Waals surface area contributed by atoms with Crippen LogP contribution in [-0.4, -0.2) is 18.5 Å². The minimum Gasteiger partial charge on any atom is -0.280 e. The van der Waals surface area contributed by atoms with E-state index >= 15 is 0 Å². The molecule has 3 aromatic heterocycles. The Morgan fingerprint density at radius 3 is 2.43 bits per heavy atom. The van der Waals surface area contributed by atoms with Crippen molar-refractivity contribution in [1.82, 2.24) is 18.5 Å². The summed E-state index contributed by atoms with van der Waals surface area (Å²) in [6.07, 6.45) is 1.92. The first-order valence-corrected chi connectivity index (χ1v) is 7.52. The van der Waals surface area contributed by atoms with Gasteiger partial charge in [-0.25, -0.2) is 9.78 Å². The van der Waals surface area contributed by atoms with Gasteiger partial charge in [-0.3, -0.25) is 18.3 Å². The Hall–Kier alpha value is -2.19. The van der Waals surface area contributed by atoms with Crippen molar-refractivity contribution in [2.24, 2.45) is 14.1 Å². The van der Waals surface area contributed by atoms with Gasteiger partial charge in [0.25, 0.3) is 5.56 Å². The highest BCUT2D eigenvalue weighted by atomic mass is 79.9. The van der Waals surface area contributed by atoms with Crippen LogP contribution < -0.4 is 11.2 Å². The largest absolute Gasteiger partial charge is 0.332 e. The van der Waals surface area contributed by atoms with Crippen molar-refractivity contribution in [2.75, 3.05) is 0 Å². The Morgan fingerprint density at radius 1 is 1.04 bits per heavy atom. The van der Waals surface area contributed by atoms with Gasteiger partial charge in [-0.2, -0.15) is 0 Å². The lowest BCUT2D eigenvalue weighted by Crippen LogP contribution is -2.37. The van der Waals surface area contributed by atoms with Crippen molar-refractivity contribution in [3.8, 4) is 10.4 Å². The second-order valence-electron chi connectivity index (χ2n) is 5.10. The van der Waals surface area contributed by atoms with Crippen LogP contribution in [0.4, 0.5) is 0 Å². The maximum Gasteiger partial charge on any atom is 0.332 e. The third kappa shape index (κ3) is 2.17. The summed E-state index contributed by atoms with van der Waals surface area (Å²) >= 11 is 1.49. The van der Waals surface area contributed by atoms with Gasteiger partial charge in [-0.05, 0) is 5.56 Å². The van der Waals surface area contributed by atoms with E-state index in [-0.39, 0.29) is 28.2 Å². The molecule has 0 fully saturated rings. The average molecular weight is 393 g/mol. The Kier molecular flexibility index (Phi) is 3.73. The minimum absolute atomic E-state index is 0. The lowest BCUT2D eigenvalue weighted by atomic mass is 10.2. The van der Waals surface area contributed by atoms with Gasteiger partial charge in [-0.15, -0.1) is 17.0 Å². The van der Waals surface area contributed by atoms with Gasteiger partial charge in [-0.1, -0.05) is 41.7 Å². The molecule has 4 rings (SSSR count). The monoisotopic (exact) mass is 392 g/mol. The molecular weight excluding hydrogens is 380 g/mol. The van der Waals surface area contributed by atoms with Gasteiger partial charge < -0.3 is 0 Å². The molecule has 0 radical (unpaired) electrons. The molecule has 1 aromatic carbocycles. The zero-order chi connectivity index (χ0) is 15.4. The Balaban J connectivity index is 0.00000156. The molecule has 0 saturated heterocycles. The van der Waals surface area contributed by atoms with Crippen LogP contribution in [0.1, 0.15) is 0 Å². The second-order valence-corrected chi connectivity index (χ2v) is 6.11. The predicted molar refractivity (Wildman–Crippen MR) is 96.8 cm³/mol. The second kappa shape index (κ2) is 5.47. The number of benzene rings is 1. The molecule has 3 heterocycles. The molecule has 0 spiro atoms. The van der Waals surface area contributed by atoms with Crippen LogP contribution in [0.3, 0.4) is 0 Å². The first kappa shape index (κ1) is 15.7. The number of hydrogen-bond donors (Lipinski definition) is 0. The van der Waals surface area contributed by atoms with Gasteiger partial charge in [0.2, 0.25) is 0 Å². The van der Waals surface area contributed by atoms with Gasteiger partial charge in [0.1, 0.15) is 0 Å². The number of aryl methyl sites for hydroxylation is 1. The minimum atomic E-state index is -0.365. The normalized spacial score (nSPS) is 11.0. The molecule has 0 amide bonds. The Bertz CT molecular complexity index is 1140. The molecular formula is C15H13BrN4O2S. The third-order valence-corrected chi connectivity index (χ3v) is 4.79. The van der Waals surface area contributed by atoms with Crippen LogP contribution in [-0.2, 0) is 14.1 Å². The van der Waals surface area contributed by atoms with E-state index in [1.807, 2.05) is 40.9 Å². The van der Waals surface area contributed by atoms with Crippen molar-refractivity contribution >= 4 is 44.4 Å². The fourth-order valence-electron chi connectivity index (χ4n) is 2.60. The van der Waals surface area contributed by atoms with Crippen LogP contribution in [0.25, 0.3) is 26.6 Å². The van der Waals surface area contributed by atoms with Crippen LogP contribution in [0, 0.1) is 0 Å². The Labute approximate surface area is 145 Å². The number of nitrogens with zero attached hydrogens (tertiary/aromatic N) is 4. The predicted octanol–water partition coefficient (Wildman–Crippen LogP) is 2.19. The van der Waals surface area contributed by atoms with E-state index in [4.69, 9.17) is 0 Å². The SMILES string of the molecule is Br.Cn1c(=O)c2nc3sc(-c4ccccc4)cn3c2n(C)c1=O. The molecule has 8 heteroatoms. The number of thiazole rings is 1. The molecule has 0 bridgehead atoms. The highest BCUT2D eigenvalue weighted by Crippen LogP contribution is 2.29. The lowest BCUT2D eigenvalue weighted by molar-refractivity contribution is 0.706. The number of fused-ring (bicyclic) bond motifs is 3. The average Bonchev–Trinajstić information content (AvgIpc) is 3.09. The molecule has 4 aromatic rings. The fourth-order valence-corrected chi connectivity index (χ4v) is 3.58. The van der Waals surface area contributed by atoms with Gasteiger partial charge in [0, 0.05) is 20.3 Å². The highest BCUT2D eigenvalue weighted by molar-refractivity contribution is 8.93. The summed E-state index contributed by atoms with van der Waals surface area (Å²) in [6, 6.07) is 9.95. The van der Waals surface area contributed by atoms with E-state index in [1.54, 1.807) is 7.05 Å². The molecule has 0 unspecified atom stereocenters. The zero-order valence-electron chi connectivity index (χ0n) is 12.4. The van der Waals surface area contributed by atoms with Crippen LogP contribution >= 0.6 is 28.3 Å². The first-order valence-electron chi connectivity index (χ1n) is 6.71. The topological polar surface area (TPSA) is 61.3 Å². The maximum atomic E-state index is 12.2. The molecule has 118 valence electrons. The van der Waals surface area contributed by atoms with E-state index in [9.17, 15) is 9.59 Å². The number of halogens is 1. The highest BCUT2D eigenvalue weighted by Gasteiger charge is 2.17. The maximum absolute atomic E-state index is 12.2. The fraction of sp³-hybridized carbons (Fsp3) is 0.133. The van der Waals surface area contributed by atoms with Crippen molar-refractivity contribution in [1.29, 1.82) is 0 Å². The van der Waals surface area contributed by atoms with E-state index in [0.29, 0.717) is 16.1 Å². The molecule has 0 aliphatic carbocycles. The van der Waals surface area contributed by atoms with Crippen LogP contribution in [0.2, 0.25) is 0 Å². The van der Waals surface area contributed by atoms with E-state index in [2.05, 4.69) is 4.98 Å². The summed E-state index contributed by atoms with van der Waals surface area (Å²) in [5, 5.41) is 0. The molecule has 0 N–H and O–H groups in total. The quantitative estimate of drug-likeness (QED) is 0.498. The van der Waals surface area contributed by atoms with E-state index in [0.717, 1.165) is 15.0 Å². The molecule has 23 heavy (non-hydrogen) atoms. The first-order chi connectivity index (χ1) is 10.6. The third-order valence-electron chi connectivity index (χ3n) is 3.76. The van der Waals surface area contributed by atoms with E-state index < -0.39 is 0 Å². The van der Waals surface area contributed by atoms with Crippen molar-refractivity contribution < 1.29 is 0 Å². The van der Waals surface area contributed by atoms with Crippen molar-refractivity contribution in [3.05, 3.63) is 57.4 Å². The molecule has 0 aliphatic rings. The van der Waals surface area contributed by atoms with Gasteiger partial charge in [0.15, 0.2) is 16.1 Å². The van der Waals surface area contributed by atoms with Gasteiger partial charge >= 0.3 is 5.69 Å². The Morgan fingerprint density at radius 2 is 1.74 bits per heavy atom. The van der Waals surface area contributed by atoms with E-state index in [1.165, 1.54) is 23.0 Å². The molecule has 0 saturated carbocycles. The summed E-state index contributed by atoms with van der Waals surface area (Å²) < 4.78 is 4.35. The van der Waals surface area contributed by atoms with Crippen LogP contribution in [0.15, 0.2) is 46.1 Å². The zero-order valence-corrected chi connectivity index (χ0v) is 14.9. The van der Waals surface area contributed by atoms with Gasteiger partial charge in [0.05, 0.1) is 4.88 Å². The summed E-state index contributed by atoms with van der Waals surface area (Å²) in [4.78, 5) is 30.5. The van der Waals surface area contributed by atoms with Crippen molar-refractivity contribution in [2.45, 2.75) is 0 Å². The summed E-state index contributed by atoms with van der Waals surface area (Å²) in [6.45, 7) is 0. The summed E-state index contributed by atoms with van der Waals surface area (Å²) in [7, 11) is 3.12. The standard InChI is InChI=1S/C15H12N4O2S.BrH/c1-17-12-11(13(20)18(2)15(17)21)16-14-19(12)8-10(22-14)9-6-4-3-5-7-9;/h3-8H,1-2H3;1H. The van der Waals surface area contributed by atoms with Crippen molar-refractivity contribution in [3.63, 3.8) is 0 Å². The molecule has 0 atom stereocenters. The molecule has 0 aliphatic heterocycles. The smallest absolute Gasteiger partial charge is 0.280 e. The number of hydrogen-bond acceptors (Lipinski definition) is 4. The summed E-state index contributed by atoms with van der Waals surface area (Å²) in [5.74, 6) is 0. The molecule has 6 nitrogen and oxygen atoms in total. The van der Waals surface area contributed by atoms with Crippen LogP contribution in [0.5, 0.6) is 0 Å². The number of aromatic nitrogens is 4. The number of imidazole rings is 1.